The summed E-state index contributed by atoms with van der Waals surface area (Å²) in [5.41, 5.74) is 19.1. The molecule has 1 nitrogen and oxygen atoms in total. The third-order valence-electron chi connectivity index (χ3n) is 11.1. The Morgan fingerprint density at radius 3 is 1.20 bits per heavy atom. The van der Waals surface area contributed by atoms with Gasteiger partial charge in [-0.25, -0.2) is 0 Å². The van der Waals surface area contributed by atoms with E-state index in [4.69, 9.17) is 0 Å². The molecule has 7 aromatic carbocycles. The topological polar surface area (TPSA) is 3.24 Å². The third-order valence-corrected chi connectivity index (χ3v) is 11.1. The second-order valence-electron chi connectivity index (χ2n) is 14.6. The van der Waals surface area contributed by atoms with Gasteiger partial charge in [-0.05, 0) is 109 Å². The van der Waals surface area contributed by atoms with E-state index < -0.39 is 0 Å². The standard InChI is InChI=1S/C48H39N.CH3.5V.H2/c1-47(2)43-18-12-11-17-39(43)41-27-24-37(30-45(41)47)49(36-22-19-34(20-23-36)32-13-7-5-8-14-32)38-25-28-42-40-26-21-35(33-15-9-6-10-16-33)29-44(40)48(3,4)46(42)31-38;;;;;;;/h5-31H,1-4H3;1H3;;;;;;1H/q;-1;;;;;;. The van der Waals surface area contributed by atoms with Gasteiger partial charge in [0.05, 0.1) is 0 Å². The maximum Gasteiger partial charge on any atom is 0.0465 e. The van der Waals surface area contributed by atoms with Crippen LogP contribution in [-0.2, 0) is 104 Å². The number of hydrogen-bond acceptors (Lipinski definition) is 1. The van der Waals surface area contributed by atoms with Gasteiger partial charge in [-0.3, -0.25) is 0 Å². The summed E-state index contributed by atoms with van der Waals surface area (Å²) < 4.78 is 0. The van der Waals surface area contributed by atoms with Gasteiger partial charge in [-0.15, -0.1) is 0 Å². The molecule has 0 saturated heterocycles. The molecule has 55 heavy (non-hydrogen) atoms. The molecule has 0 aliphatic heterocycles. The number of anilines is 3. The molecule has 0 heterocycles. The number of benzene rings is 7. The van der Waals surface area contributed by atoms with Crippen molar-refractivity contribution in [2.45, 2.75) is 38.5 Å². The van der Waals surface area contributed by atoms with E-state index in [0.717, 1.165) is 5.69 Å². The van der Waals surface area contributed by atoms with Crippen LogP contribution in [0.1, 0.15) is 51.4 Å². The summed E-state index contributed by atoms with van der Waals surface area (Å²) >= 11 is 0. The van der Waals surface area contributed by atoms with E-state index in [0.29, 0.717) is 0 Å². The van der Waals surface area contributed by atoms with E-state index in [1.807, 2.05) is 0 Å². The van der Waals surface area contributed by atoms with Gasteiger partial charge in [-0.1, -0.05) is 149 Å². The summed E-state index contributed by atoms with van der Waals surface area (Å²) in [5.74, 6) is 0. The molecule has 0 bridgehead atoms. The predicted octanol–water partition coefficient (Wildman–Crippen LogP) is 13.8. The van der Waals surface area contributed by atoms with Crippen molar-refractivity contribution < 1.29 is 94.2 Å². The fourth-order valence-electron chi connectivity index (χ4n) is 8.39. The van der Waals surface area contributed by atoms with Crippen LogP contribution in [0.25, 0.3) is 44.5 Å². The molecule has 0 N–H and O–H groups in total. The smallest absolute Gasteiger partial charge is 0.0465 e. The first-order chi connectivity index (χ1) is 23.8. The monoisotopic (exact) mass is 901 g/mol. The minimum atomic E-state index is -0.143. The van der Waals surface area contributed by atoms with Crippen LogP contribution in [0.5, 0.6) is 0 Å². The maximum atomic E-state index is 2.45. The van der Waals surface area contributed by atoms with Crippen molar-refractivity contribution in [1.29, 1.82) is 0 Å². The summed E-state index contributed by atoms with van der Waals surface area (Å²) in [5, 5.41) is 0. The van der Waals surface area contributed by atoms with Crippen LogP contribution in [0.15, 0.2) is 164 Å². The van der Waals surface area contributed by atoms with Gasteiger partial charge < -0.3 is 12.3 Å². The SMILES string of the molecule is CC1(C)c2ccccc2-c2ccc(N(c3ccc(-c4ccccc4)cc3)c3ccc4c(c3)C(C)(C)c3cc(-c5ccccc5)ccc3-4)cc21.[CH3-].[HH].[V].[V].[V].[V].[V]. The van der Waals surface area contributed by atoms with Gasteiger partial charge in [0.15, 0.2) is 0 Å². The van der Waals surface area contributed by atoms with Gasteiger partial charge in [0.25, 0.3) is 0 Å². The molecule has 0 atom stereocenters. The van der Waals surface area contributed by atoms with Crippen LogP contribution >= 0.6 is 0 Å². The second-order valence-corrected chi connectivity index (χ2v) is 14.6. The molecule has 0 aromatic heterocycles. The van der Waals surface area contributed by atoms with Crippen molar-refractivity contribution in [3.05, 3.63) is 193 Å². The van der Waals surface area contributed by atoms with Crippen molar-refractivity contribution in [3.8, 4) is 44.5 Å². The summed E-state index contributed by atoms with van der Waals surface area (Å²) in [6.45, 7) is 9.48. The third kappa shape index (κ3) is 7.93. The largest absolute Gasteiger partial charge is 0.358 e. The molecule has 5 radical (unpaired) electrons. The Labute approximate surface area is 389 Å². The van der Waals surface area contributed by atoms with Crippen molar-refractivity contribution in [1.82, 2.24) is 0 Å². The minimum absolute atomic E-state index is 0. The average Bonchev–Trinajstić information content (AvgIpc) is 3.51. The first kappa shape index (κ1) is 46.6. The maximum absolute atomic E-state index is 2.45. The molecule has 2 aliphatic carbocycles. The number of nitrogens with zero attached hydrogens (tertiary/aromatic N) is 1. The predicted molar refractivity (Wildman–Crippen MR) is 216 cm³/mol. The zero-order chi connectivity index (χ0) is 33.3. The van der Waals surface area contributed by atoms with E-state index in [1.165, 1.54) is 78.1 Å². The Kier molecular flexibility index (Phi) is 15.5. The molecular weight excluding hydrogens is 857 g/mol. The van der Waals surface area contributed by atoms with E-state index in [1.54, 1.807) is 0 Å². The Hall–Kier alpha value is -2.74. The van der Waals surface area contributed by atoms with E-state index in [2.05, 4.69) is 196 Å². The molecule has 7 aromatic rings. The second kappa shape index (κ2) is 18.2. The number of fused-ring (bicyclic) bond motifs is 6. The van der Waals surface area contributed by atoms with Crippen LogP contribution in [0, 0.1) is 7.43 Å². The minimum Gasteiger partial charge on any atom is -0.358 e. The van der Waals surface area contributed by atoms with Crippen LogP contribution < -0.4 is 4.90 Å². The molecule has 271 valence electrons. The summed E-state index contributed by atoms with van der Waals surface area (Å²) in [6, 6.07) is 60.5. The van der Waals surface area contributed by atoms with Gasteiger partial charge >= 0.3 is 0 Å². The molecule has 0 unspecified atom stereocenters. The van der Waals surface area contributed by atoms with Crippen LogP contribution in [0.2, 0.25) is 0 Å². The van der Waals surface area contributed by atoms with Crippen LogP contribution in [-0.4, -0.2) is 0 Å². The fraction of sp³-hybridized carbons (Fsp3) is 0.122. The number of rotatable bonds is 5. The summed E-state index contributed by atoms with van der Waals surface area (Å²) in [4.78, 5) is 2.45. The van der Waals surface area contributed by atoms with E-state index >= 15 is 0 Å². The Morgan fingerprint density at radius 2 is 0.673 bits per heavy atom. The Balaban J connectivity index is 0.00000155. The molecule has 0 saturated carbocycles. The quantitative estimate of drug-likeness (QED) is 0.156. The fourth-order valence-corrected chi connectivity index (χ4v) is 8.39. The summed E-state index contributed by atoms with van der Waals surface area (Å²) in [6.07, 6.45) is 0. The van der Waals surface area contributed by atoms with Crippen LogP contribution in [0.3, 0.4) is 0 Å². The van der Waals surface area contributed by atoms with E-state index in [-0.39, 0.29) is 112 Å². The van der Waals surface area contributed by atoms with Crippen molar-refractivity contribution in [2.75, 3.05) is 4.90 Å². The molecule has 9 rings (SSSR count). The normalized spacial score (nSPS) is 12.9. The zero-order valence-corrected chi connectivity index (χ0v) is 38.8. The Bertz CT molecular complexity index is 2390. The average molecular weight is 902 g/mol. The Morgan fingerprint density at radius 1 is 0.327 bits per heavy atom. The van der Waals surface area contributed by atoms with Gasteiger partial charge in [-0.2, -0.15) is 0 Å². The summed E-state index contributed by atoms with van der Waals surface area (Å²) in [7, 11) is 0. The first-order valence-electron chi connectivity index (χ1n) is 17.4. The van der Waals surface area contributed by atoms with Crippen molar-refractivity contribution >= 4 is 17.1 Å². The molecule has 0 fully saturated rings. The van der Waals surface area contributed by atoms with Gasteiger partial charge in [0, 0.05) is 122 Å². The molecule has 0 amide bonds. The van der Waals surface area contributed by atoms with Gasteiger partial charge in [0.2, 0.25) is 0 Å². The number of hydrogen-bond donors (Lipinski definition) is 0. The van der Waals surface area contributed by atoms with Gasteiger partial charge in [0.1, 0.15) is 0 Å². The molecular formula is C49H44NV5-. The molecule has 0 spiro atoms. The van der Waals surface area contributed by atoms with E-state index in [9.17, 15) is 0 Å². The molecule has 2 aliphatic rings. The first-order valence-corrected chi connectivity index (χ1v) is 17.4. The van der Waals surface area contributed by atoms with Crippen LogP contribution in [0.4, 0.5) is 17.1 Å². The van der Waals surface area contributed by atoms with Crippen molar-refractivity contribution in [2.24, 2.45) is 0 Å². The zero-order valence-electron chi connectivity index (χ0n) is 31.8. The van der Waals surface area contributed by atoms with Crippen molar-refractivity contribution in [3.63, 3.8) is 0 Å². The molecule has 6 heteroatoms.